The van der Waals surface area contributed by atoms with E-state index in [-0.39, 0.29) is 13.2 Å². The highest BCUT2D eigenvalue weighted by atomic mass is 16.7. The summed E-state index contributed by atoms with van der Waals surface area (Å²) >= 11 is 0. The van der Waals surface area contributed by atoms with E-state index in [9.17, 15) is 15.0 Å². The normalized spacial score (nSPS) is 21.6. The second-order valence-electron chi connectivity index (χ2n) is 8.27. The van der Waals surface area contributed by atoms with E-state index in [1.807, 2.05) is 95.9 Å². The van der Waals surface area contributed by atoms with Gasteiger partial charge in [0.05, 0.1) is 13.2 Å². The molecule has 1 heterocycles. The number of aliphatic hydroxyl groups is 2. The summed E-state index contributed by atoms with van der Waals surface area (Å²) in [6.07, 6.45) is -4.37. The molecule has 0 amide bonds. The van der Waals surface area contributed by atoms with E-state index < -0.39 is 30.4 Å². The fourth-order valence-corrected chi connectivity index (χ4v) is 3.97. The Balaban J connectivity index is 1.45. The molecule has 0 bridgehead atoms. The third-order valence-electron chi connectivity index (χ3n) is 5.67. The molecule has 4 atom stereocenters. The number of hydrogen-bond acceptors (Lipinski definition) is 6. The van der Waals surface area contributed by atoms with Crippen LogP contribution in [-0.2, 0) is 27.4 Å². The maximum absolute atomic E-state index is 13.1. The van der Waals surface area contributed by atoms with Gasteiger partial charge in [0.1, 0.15) is 18.3 Å². The van der Waals surface area contributed by atoms with Gasteiger partial charge in [-0.1, -0.05) is 91.0 Å². The molecular weight excluding hydrogens is 418 g/mol. The summed E-state index contributed by atoms with van der Waals surface area (Å²) < 4.78 is 11.4. The molecule has 2 N–H and O–H groups in total. The van der Waals surface area contributed by atoms with E-state index in [4.69, 9.17) is 9.47 Å². The molecule has 0 unspecified atom stereocenters. The summed E-state index contributed by atoms with van der Waals surface area (Å²) in [6.45, 7) is 1.11. The molecule has 3 aromatic rings. The molecule has 0 spiro atoms. The largest absolute Gasteiger partial charge is 0.388 e. The molecule has 1 aliphatic rings. The summed E-state index contributed by atoms with van der Waals surface area (Å²) in [4.78, 5) is 15.1. The van der Waals surface area contributed by atoms with Crippen molar-refractivity contribution in [3.8, 4) is 0 Å². The van der Waals surface area contributed by atoms with Crippen LogP contribution in [0.15, 0.2) is 91.0 Å². The zero-order valence-corrected chi connectivity index (χ0v) is 18.4. The lowest BCUT2D eigenvalue weighted by molar-refractivity contribution is -0.272. The first-order chi connectivity index (χ1) is 16.1. The van der Waals surface area contributed by atoms with Crippen molar-refractivity contribution in [2.45, 2.75) is 37.7 Å². The molecule has 0 radical (unpaired) electrons. The summed E-state index contributed by atoms with van der Waals surface area (Å²) in [5.41, 5.74) is 2.91. The van der Waals surface area contributed by atoms with E-state index in [1.165, 1.54) is 0 Å². The predicted octanol–water partition coefficient (Wildman–Crippen LogP) is 3.09. The molecule has 6 heteroatoms. The Morgan fingerprint density at radius 1 is 0.879 bits per heavy atom. The van der Waals surface area contributed by atoms with Crippen LogP contribution in [0.25, 0.3) is 0 Å². The van der Waals surface area contributed by atoms with Crippen LogP contribution >= 0.6 is 0 Å². The zero-order chi connectivity index (χ0) is 23.0. The van der Waals surface area contributed by atoms with Gasteiger partial charge in [0, 0.05) is 18.7 Å². The molecule has 0 aromatic heterocycles. The molecule has 4 rings (SSSR count). The molecule has 1 saturated heterocycles. The SMILES string of the molecule is O=C(CN(Cc1ccccc1)Cc1ccccc1)[C@@H](O)[C@@H]1O[C@@H](c2ccccc2)OC[C@H]1O. The van der Waals surface area contributed by atoms with Crippen LogP contribution in [0.1, 0.15) is 23.0 Å². The monoisotopic (exact) mass is 447 g/mol. The second kappa shape index (κ2) is 11.3. The van der Waals surface area contributed by atoms with Crippen LogP contribution in [0.5, 0.6) is 0 Å². The topological polar surface area (TPSA) is 79.2 Å². The quantitative estimate of drug-likeness (QED) is 0.525. The number of aliphatic hydroxyl groups excluding tert-OH is 2. The standard InChI is InChI=1S/C27H29NO5/c29-23(25(31)26-24(30)19-32-27(33-26)22-14-8-3-9-15-22)18-28(16-20-10-4-1-5-11-20)17-21-12-6-2-7-13-21/h1-15,24-27,30-31H,16-19H2/t24-,25-,26-,27+/m1/s1. The average Bonchev–Trinajstić information content (AvgIpc) is 2.85. The van der Waals surface area contributed by atoms with Gasteiger partial charge in [0.2, 0.25) is 0 Å². The minimum absolute atomic E-state index is 0.0215. The molecule has 172 valence electrons. The maximum atomic E-state index is 13.1. The van der Waals surface area contributed by atoms with Crippen molar-refractivity contribution in [1.82, 2.24) is 4.90 Å². The Kier molecular flexibility index (Phi) is 7.99. The van der Waals surface area contributed by atoms with E-state index in [2.05, 4.69) is 0 Å². The Bertz CT molecular complexity index is 957. The first-order valence-corrected chi connectivity index (χ1v) is 11.1. The number of ketones is 1. The molecular formula is C27H29NO5. The third kappa shape index (κ3) is 6.35. The Hall–Kier alpha value is -2.87. The van der Waals surface area contributed by atoms with Gasteiger partial charge in [-0.05, 0) is 11.1 Å². The number of Topliss-reactive ketones (excluding diaryl/α,β-unsaturated/α-hetero) is 1. The van der Waals surface area contributed by atoms with Crippen molar-refractivity contribution in [2.24, 2.45) is 0 Å². The van der Waals surface area contributed by atoms with Gasteiger partial charge in [-0.25, -0.2) is 0 Å². The van der Waals surface area contributed by atoms with E-state index in [0.717, 1.165) is 16.7 Å². The van der Waals surface area contributed by atoms with Gasteiger partial charge in [0.25, 0.3) is 0 Å². The summed E-state index contributed by atoms with van der Waals surface area (Å²) in [5.74, 6) is -0.403. The Morgan fingerprint density at radius 2 is 1.39 bits per heavy atom. The molecule has 0 aliphatic carbocycles. The summed E-state index contributed by atoms with van der Waals surface area (Å²) in [6, 6.07) is 29.1. The maximum Gasteiger partial charge on any atom is 0.184 e. The van der Waals surface area contributed by atoms with Crippen LogP contribution in [0.4, 0.5) is 0 Å². The highest BCUT2D eigenvalue weighted by Gasteiger charge is 2.39. The van der Waals surface area contributed by atoms with Gasteiger partial charge in [-0.3, -0.25) is 9.69 Å². The number of rotatable bonds is 9. The van der Waals surface area contributed by atoms with Crippen LogP contribution in [0, 0.1) is 0 Å². The number of ether oxygens (including phenoxy) is 2. The molecule has 0 saturated carbocycles. The lowest BCUT2D eigenvalue weighted by Gasteiger charge is -2.36. The summed E-state index contributed by atoms with van der Waals surface area (Å²) in [5, 5.41) is 21.2. The smallest absolute Gasteiger partial charge is 0.184 e. The van der Waals surface area contributed by atoms with Crippen LogP contribution < -0.4 is 0 Å². The zero-order valence-electron chi connectivity index (χ0n) is 18.4. The molecule has 6 nitrogen and oxygen atoms in total. The molecule has 3 aromatic carbocycles. The molecule has 33 heavy (non-hydrogen) atoms. The van der Waals surface area contributed by atoms with Crippen LogP contribution in [0.3, 0.4) is 0 Å². The Morgan fingerprint density at radius 3 is 1.94 bits per heavy atom. The van der Waals surface area contributed by atoms with Crippen molar-refractivity contribution in [2.75, 3.05) is 13.2 Å². The van der Waals surface area contributed by atoms with E-state index in [0.29, 0.717) is 13.1 Å². The number of benzene rings is 3. The van der Waals surface area contributed by atoms with E-state index in [1.54, 1.807) is 0 Å². The predicted molar refractivity (Wildman–Crippen MR) is 124 cm³/mol. The van der Waals surface area contributed by atoms with Crippen molar-refractivity contribution in [3.05, 3.63) is 108 Å². The minimum Gasteiger partial charge on any atom is -0.388 e. The van der Waals surface area contributed by atoms with Gasteiger partial charge in [0.15, 0.2) is 12.1 Å². The first kappa shape index (κ1) is 23.3. The Labute approximate surface area is 194 Å². The molecule has 1 fully saturated rings. The highest BCUT2D eigenvalue weighted by Crippen LogP contribution is 2.28. The van der Waals surface area contributed by atoms with Gasteiger partial charge in [-0.15, -0.1) is 0 Å². The molecule has 1 aliphatic heterocycles. The number of nitrogens with zero attached hydrogens (tertiary/aromatic N) is 1. The summed E-state index contributed by atoms with van der Waals surface area (Å²) in [7, 11) is 0. The van der Waals surface area contributed by atoms with Crippen LogP contribution in [-0.4, -0.2) is 52.4 Å². The van der Waals surface area contributed by atoms with Crippen molar-refractivity contribution in [1.29, 1.82) is 0 Å². The van der Waals surface area contributed by atoms with Gasteiger partial charge >= 0.3 is 0 Å². The van der Waals surface area contributed by atoms with Gasteiger partial charge < -0.3 is 19.7 Å². The van der Waals surface area contributed by atoms with Crippen molar-refractivity contribution >= 4 is 5.78 Å². The lowest BCUT2D eigenvalue weighted by Crippen LogP contribution is -2.52. The lowest BCUT2D eigenvalue weighted by atomic mass is 10.0. The second-order valence-corrected chi connectivity index (χ2v) is 8.27. The van der Waals surface area contributed by atoms with Gasteiger partial charge in [-0.2, -0.15) is 0 Å². The number of carbonyl (C=O) groups excluding carboxylic acids is 1. The van der Waals surface area contributed by atoms with Crippen LogP contribution in [0.2, 0.25) is 0 Å². The fraction of sp³-hybridized carbons (Fsp3) is 0.296. The van der Waals surface area contributed by atoms with Crippen molar-refractivity contribution in [3.63, 3.8) is 0 Å². The minimum atomic E-state index is -1.47. The first-order valence-electron chi connectivity index (χ1n) is 11.1. The van der Waals surface area contributed by atoms with E-state index >= 15 is 0 Å². The highest BCUT2D eigenvalue weighted by molar-refractivity contribution is 5.85. The number of carbonyl (C=O) groups is 1. The average molecular weight is 448 g/mol. The fourth-order valence-electron chi connectivity index (χ4n) is 3.97. The van der Waals surface area contributed by atoms with Crippen molar-refractivity contribution < 1.29 is 24.5 Å². The number of hydrogen-bond donors (Lipinski definition) is 2. The third-order valence-corrected chi connectivity index (χ3v) is 5.67.